The van der Waals surface area contributed by atoms with Gasteiger partial charge in [0.2, 0.25) is 5.91 Å². The molecule has 0 aromatic heterocycles. The number of anilines is 1. The van der Waals surface area contributed by atoms with Crippen LogP contribution in [0.2, 0.25) is 5.02 Å². The summed E-state index contributed by atoms with van der Waals surface area (Å²) in [7, 11) is 0. The molecule has 0 saturated carbocycles. The maximum atomic E-state index is 11.9. The molecule has 0 spiro atoms. The monoisotopic (exact) mass is 281 g/mol. The van der Waals surface area contributed by atoms with Crippen molar-refractivity contribution in [2.24, 2.45) is 5.92 Å². The van der Waals surface area contributed by atoms with E-state index in [1.807, 2.05) is 18.2 Å². The Morgan fingerprint density at radius 1 is 1.37 bits per heavy atom. The summed E-state index contributed by atoms with van der Waals surface area (Å²) in [6, 6.07) is 7.35. The van der Waals surface area contributed by atoms with Gasteiger partial charge in [-0.15, -0.1) is 0 Å². The van der Waals surface area contributed by atoms with E-state index in [-0.39, 0.29) is 5.91 Å². The number of benzene rings is 1. The molecule has 1 aliphatic rings. The molecule has 4 heteroatoms. The third-order valence-corrected chi connectivity index (χ3v) is 4.16. The molecule has 3 nitrogen and oxygen atoms in total. The molecule has 1 aromatic rings. The highest BCUT2D eigenvalue weighted by Crippen LogP contribution is 2.20. The molecule has 0 radical (unpaired) electrons. The Hall–Kier alpha value is -1.06. The number of para-hydroxylation sites is 1. The van der Waals surface area contributed by atoms with Gasteiger partial charge in [-0.1, -0.05) is 30.7 Å². The molecule has 2 N–H and O–H groups in total. The number of likely N-dealkylation sites (tertiary alicyclic amines) is 1. The first-order chi connectivity index (χ1) is 9.15. The van der Waals surface area contributed by atoms with Gasteiger partial charge in [-0.2, -0.15) is 0 Å². The number of nitrogens with one attached hydrogen (secondary N) is 2. The van der Waals surface area contributed by atoms with Gasteiger partial charge in [-0.05, 0) is 30.9 Å². The van der Waals surface area contributed by atoms with Crippen molar-refractivity contribution in [3.63, 3.8) is 0 Å². The molecule has 104 valence electrons. The van der Waals surface area contributed by atoms with Gasteiger partial charge in [0, 0.05) is 0 Å². The van der Waals surface area contributed by atoms with Gasteiger partial charge in [-0.25, -0.2) is 0 Å². The van der Waals surface area contributed by atoms with Crippen molar-refractivity contribution in [2.45, 2.75) is 26.2 Å². The summed E-state index contributed by atoms with van der Waals surface area (Å²) in [5.41, 5.74) is 0.705. The summed E-state index contributed by atoms with van der Waals surface area (Å²) in [6.07, 6.45) is 3.12. The Morgan fingerprint density at radius 3 is 2.74 bits per heavy atom. The van der Waals surface area contributed by atoms with Gasteiger partial charge in [0.15, 0.2) is 0 Å². The van der Waals surface area contributed by atoms with Crippen molar-refractivity contribution in [2.75, 3.05) is 25.0 Å². The van der Waals surface area contributed by atoms with Gasteiger partial charge < -0.3 is 10.2 Å². The second kappa shape index (κ2) is 6.92. The molecule has 1 fully saturated rings. The molecule has 0 bridgehead atoms. The number of hydrogen-bond acceptors (Lipinski definition) is 1. The van der Waals surface area contributed by atoms with Gasteiger partial charge in [0.1, 0.15) is 0 Å². The first-order valence-corrected chi connectivity index (χ1v) is 7.41. The van der Waals surface area contributed by atoms with E-state index in [1.54, 1.807) is 11.0 Å². The molecule has 1 aromatic carbocycles. The maximum absolute atomic E-state index is 11.9. The third kappa shape index (κ3) is 4.51. The number of quaternary nitrogens is 1. The van der Waals surface area contributed by atoms with Crippen molar-refractivity contribution in [1.82, 2.24) is 0 Å². The number of piperidine rings is 1. The number of carbonyl (C=O) groups excluding carboxylic acids is 1. The standard InChI is InChI=1S/C15H21ClN2O/c1-12-6-9-18(10-7-12)11-8-15(19)17-14-5-3-2-4-13(14)16/h2-5,12H,6-11H2,1H3,(H,17,19)/p+1. The van der Waals surface area contributed by atoms with E-state index in [2.05, 4.69) is 12.2 Å². The largest absolute Gasteiger partial charge is 0.334 e. The summed E-state index contributed by atoms with van der Waals surface area (Å²) in [5.74, 6) is 0.903. The highest BCUT2D eigenvalue weighted by atomic mass is 35.5. The molecule has 1 heterocycles. The van der Waals surface area contributed by atoms with Crippen LogP contribution in [-0.2, 0) is 4.79 Å². The molecule has 0 unspecified atom stereocenters. The zero-order chi connectivity index (χ0) is 13.7. The number of hydrogen-bond donors (Lipinski definition) is 2. The summed E-state index contributed by atoms with van der Waals surface area (Å²) in [4.78, 5) is 13.4. The average Bonchev–Trinajstić information content (AvgIpc) is 2.41. The Balaban J connectivity index is 1.74. The van der Waals surface area contributed by atoms with Crippen LogP contribution in [0.15, 0.2) is 24.3 Å². The summed E-state index contributed by atoms with van der Waals surface area (Å²) in [6.45, 7) is 5.62. The summed E-state index contributed by atoms with van der Waals surface area (Å²) in [5, 5.41) is 3.47. The fourth-order valence-electron chi connectivity index (χ4n) is 2.49. The highest BCUT2D eigenvalue weighted by Gasteiger charge is 2.19. The molecule has 2 rings (SSSR count). The minimum absolute atomic E-state index is 0.0548. The number of carbonyl (C=O) groups is 1. The minimum Gasteiger partial charge on any atom is -0.334 e. The van der Waals surface area contributed by atoms with Gasteiger partial charge in [0.25, 0.3) is 0 Å². The fraction of sp³-hybridized carbons (Fsp3) is 0.533. The molecule has 1 saturated heterocycles. The van der Waals surface area contributed by atoms with Crippen LogP contribution < -0.4 is 10.2 Å². The van der Waals surface area contributed by atoms with E-state index in [0.29, 0.717) is 17.1 Å². The molecular formula is C15H22ClN2O+. The SMILES string of the molecule is CC1CC[NH+](CCC(=O)Nc2ccccc2Cl)CC1. The highest BCUT2D eigenvalue weighted by molar-refractivity contribution is 6.33. The van der Waals surface area contributed by atoms with Gasteiger partial charge in [-0.3, -0.25) is 4.79 Å². The van der Waals surface area contributed by atoms with Crippen molar-refractivity contribution in [1.29, 1.82) is 0 Å². The van der Waals surface area contributed by atoms with Gasteiger partial charge in [0.05, 0.1) is 36.8 Å². The van der Waals surface area contributed by atoms with E-state index >= 15 is 0 Å². The van der Waals surface area contributed by atoms with E-state index in [1.165, 1.54) is 25.9 Å². The number of amides is 1. The van der Waals surface area contributed by atoms with Crippen LogP contribution in [0.1, 0.15) is 26.2 Å². The average molecular weight is 282 g/mol. The smallest absolute Gasteiger partial charge is 0.230 e. The predicted molar refractivity (Wildman–Crippen MR) is 78.7 cm³/mol. The first kappa shape index (κ1) is 14.4. The normalized spacial score (nSPS) is 23.1. The van der Waals surface area contributed by atoms with Crippen LogP contribution in [0.5, 0.6) is 0 Å². The van der Waals surface area contributed by atoms with E-state index in [9.17, 15) is 4.79 Å². The van der Waals surface area contributed by atoms with Crippen LogP contribution >= 0.6 is 11.6 Å². The van der Waals surface area contributed by atoms with E-state index in [4.69, 9.17) is 11.6 Å². The summed E-state index contributed by atoms with van der Waals surface area (Å²) >= 11 is 6.01. The molecule has 0 atom stereocenters. The predicted octanol–water partition coefficient (Wildman–Crippen LogP) is 1.98. The lowest BCUT2D eigenvalue weighted by Gasteiger charge is -2.27. The van der Waals surface area contributed by atoms with Crippen molar-refractivity contribution in [3.8, 4) is 0 Å². The Morgan fingerprint density at radius 2 is 2.05 bits per heavy atom. The quantitative estimate of drug-likeness (QED) is 0.869. The van der Waals surface area contributed by atoms with Crippen LogP contribution in [0, 0.1) is 5.92 Å². The topological polar surface area (TPSA) is 33.5 Å². The number of halogens is 1. The Bertz CT molecular complexity index is 428. The first-order valence-electron chi connectivity index (χ1n) is 7.03. The van der Waals surface area contributed by atoms with Crippen LogP contribution in [0.3, 0.4) is 0 Å². The van der Waals surface area contributed by atoms with Crippen LogP contribution in [0.4, 0.5) is 5.69 Å². The minimum atomic E-state index is 0.0548. The second-order valence-electron chi connectivity index (χ2n) is 5.46. The molecule has 19 heavy (non-hydrogen) atoms. The molecule has 0 aliphatic carbocycles. The fourth-order valence-corrected chi connectivity index (χ4v) is 2.67. The molecule has 1 aliphatic heterocycles. The summed E-state index contributed by atoms with van der Waals surface area (Å²) < 4.78 is 0. The molecular weight excluding hydrogens is 260 g/mol. The molecule has 1 amide bonds. The van der Waals surface area contributed by atoms with Crippen molar-refractivity contribution < 1.29 is 9.69 Å². The number of rotatable bonds is 4. The van der Waals surface area contributed by atoms with Crippen LogP contribution in [-0.4, -0.2) is 25.5 Å². The van der Waals surface area contributed by atoms with Gasteiger partial charge >= 0.3 is 0 Å². The zero-order valence-corrected chi connectivity index (χ0v) is 12.2. The van der Waals surface area contributed by atoms with Crippen molar-refractivity contribution >= 4 is 23.2 Å². The van der Waals surface area contributed by atoms with E-state index < -0.39 is 0 Å². The van der Waals surface area contributed by atoms with Crippen LogP contribution in [0.25, 0.3) is 0 Å². The Kier molecular flexibility index (Phi) is 5.23. The van der Waals surface area contributed by atoms with Crippen molar-refractivity contribution in [3.05, 3.63) is 29.3 Å². The third-order valence-electron chi connectivity index (χ3n) is 3.83. The lowest BCUT2D eigenvalue weighted by Crippen LogP contribution is -3.13. The Labute approximate surface area is 119 Å². The van der Waals surface area contributed by atoms with E-state index in [0.717, 1.165) is 12.5 Å². The second-order valence-corrected chi connectivity index (χ2v) is 5.87. The maximum Gasteiger partial charge on any atom is 0.230 e. The lowest BCUT2D eigenvalue weighted by atomic mass is 9.99. The zero-order valence-electron chi connectivity index (χ0n) is 11.4. The lowest BCUT2D eigenvalue weighted by molar-refractivity contribution is -0.905.